The Labute approximate surface area is 172 Å². The van der Waals surface area contributed by atoms with Gasteiger partial charge in [-0.2, -0.15) is 8.42 Å². The number of aryl methyl sites for hydroxylation is 2. The molecule has 0 spiro atoms. The van der Waals surface area contributed by atoms with Crippen LogP contribution in [0.1, 0.15) is 29.5 Å². The smallest absolute Gasteiger partial charge is 0.330 e. The fourth-order valence-electron chi connectivity index (χ4n) is 2.93. The Morgan fingerprint density at radius 2 is 1.69 bits per heavy atom. The number of hydrogen-bond donors (Lipinski definition) is 0. The second-order valence-electron chi connectivity index (χ2n) is 6.70. The first-order valence-corrected chi connectivity index (χ1v) is 10.5. The van der Waals surface area contributed by atoms with Crippen LogP contribution in [0.3, 0.4) is 0 Å². The molecule has 6 nitrogen and oxygen atoms in total. The number of esters is 1. The molecule has 0 bridgehead atoms. The molecule has 0 fully saturated rings. The van der Waals surface area contributed by atoms with Gasteiger partial charge in [0.2, 0.25) is 0 Å². The molecule has 29 heavy (non-hydrogen) atoms. The summed E-state index contributed by atoms with van der Waals surface area (Å²) in [6, 6.07) is 11.9. The maximum absolute atomic E-state index is 12.7. The number of hydrogen-bond acceptors (Lipinski definition) is 6. The highest BCUT2D eigenvalue weighted by Gasteiger charge is 2.26. The summed E-state index contributed by atoms with van der Waals surface area (Å²) in [6.45, 7) is 5.42. The van der Waals surface area contributed by atoms with Crippen molar-refractivity contribution >= 4 is 16.1 Å². The van der Waals surface area contributed by atoms with Gasteiger partial charge < -0.3 is 9.47 Å². The normalized spacial score (nSPS) is 13.8. The molecule has 0 N–H and O–H groups in total. The van der Waals surface area contributed by atoms with Crippen LogP contribution in [0.25, 0.3) is 0 Å². The highest BCUT2D eigenvalue weighted by molar-refractivity contribution is 7.86. The van der Waals surface area contributed by atoms with Crippen LogP contribution in [-0.2, 0) is 23.8 Å². The molecule has 0 radical (unpaired) electrons. The van der Waals surface area contributed by atoms with Crippen LogP contribution in [0.4, 0.5) is 0 Å². The van der Waals surface area contributed by atoms with Gasteiger partial charge in [0.15, 0.2) is 0 Å². The topological polar surface area (TPSA) is 78.9 Å². The minimum absolute atomic E-state index is 0.0806. The van der Waals surface area contributed by atoms with Crippen molar-refractivity contribution in [2.45, 2.75) is 37.7 Å². The van der Waals surface area contributed by atoms with Crippen molar-refractivity contribution in [1.29, 1.82) is 0 Å². The fourth-order valence-corrected chi connectivity index (χ4v) is 4.03. The third kappa shape index (κ3) is 5.92. The molecular formula is C22H26O6S. The highest BCUT2D eigenvalue weighted by Crippen LogP contribution is 2.31. The van der Waals surface area contributed by atoms with Crippen molar-refractivity contribution in [1.82, 2.24) is 0 Å². The van der Waals surface area contributed by atoms with E-state index >= 15 is 0 Å². The van der Waals surface area contributed by atoms with E-state index in [4.69, 9.17) is 8.92 Å². The molecule has 0 amide bonds. The molecule has 0 aliphatic carbocycles. The van der Waals surface area contributed by atoms with E-state index in [1.807, 2.05) is 26.0 Å². The zero-order valence-electron chi connectivity index (χ0n) is 17.2. The first-order valence-electron chi connectivity index (χ1n) is 9.08. The molecule has 2 rings (SSSR count). The molecule has 2 aromatic rings. The van der Waals surface area contributed by atoms with Crippen LogP contribution in [0.15, 0.2) is 59.5 Å². The predicted octanol–water partition coefficient (Wildman–Crippen LogP) is 3.92. The van der Waals surface area contributed by atoms with E-state index in [0.29, 0.717) is 5.75 Å². The van der Waals surface area contributed by atoms with Crippen LogP contribution < -0.4 is 4.74 Å². The lowest BCUT2D eigenvalue weighted by Crippen LogP contribution is -2.23. The van der Waals surface area contributed by atoms with Crippen molar-refractivity contribution in [2.75, 3.05) is 14.2 Å². The van der Waals surface area contributed by atoms with Gasteiger partial charge in [0.05, 0.1) is 25.2 Å². The average molecular weight is 419 g/mol. The Morgan fingerprint density at radius 3 is 2.24 bits per heavy atom. The minimum atomic E-state index is -3.97. The number of methoxy groups -OCH3 is 2. The summed E-state index contributed by atoms with van der Waals surface area (Å²) in [4.78, 5) is 11.7. The van der Waals surface area contributed by atoms with Crippen LogP contribution in [0.5, 0.6) is 5.75 Å². The monoisotopic (exact) mass is 418 g/mol. The highest BCUT2D eigenvalue weighted by atomic mass is 32.2. The Bertz CT molecular complexity index is 977. The van der Waals surface area contributed by atoms with E-state index in [1.165, 1.54) is 25.3 Å². The van der Waals surface area contributed by atoms with Gasteiger partial charge in [-0.1, -0.05) is 29.8 Å². The van der Waals surface area contributed by atoms with E-state index in [1.54, 1.807) is 38.3 Å². The lowest BCUT2D eigenvalue weighted by Gasteiger charge is -2.23. The van der Waals surface area contributed by atoms with Crippen molar-refractivity contribution in [3.05, 3.63) is 71.3 Å². The molecule has 2 aromatic carbocycles. The second kappa shape index (κ2) is 9.71. The second-order valence-corrected chi connectivity index (χ2v) is 8.27. The predicted molar refractivity (Wildman–Crippen MR) is 111 cm³/mol. The molecule has 0 heterocycles. The van der Waals surface area contributed by atoms with E-state index in [-0.39, 0.29) is 4.90 Å². The van der Waals surface area contributed by atoms with Gasteiger partial charge >= 0.3 is 5.97 Å². The Kier molecular flexibility index (Phi) is 7.59. The lowest BCUT2D eigenvalue weighted by atomic mass is 9.90. The molecule has 0 aromatic heterocycles. The number of ether oxygens (including phenoxy) is 2. The molecule has 156 valence electrons. The molecule has 0 saturated carbocycles. The summed E-state index contributed by atoms with van der Waals surface area (Å²) in [7, 11) is -1.12. The van der Waals surface area contributed by atoms with Gasteiger partial charge in [0.1, 0.15) is 5.75 Å². The summed E-state index contributed by atoms with van der Waals surface area (Å²) >= 11 is 0. The van der Waals surface area contributed by atoms with Crippen molar-refractivity contribution in [3.8, 4) is 5.75 Å². The van der Waals surface area contributed by atoms with Crippen LogP contribution >= 0.6 is 0 Å². The molecule has 0 aliphatic rings. The van der Waals surface area contributed by atoms with E-state index in [2.05, 4.69) is 4.74 Å². The number of carbonyl (C=O) groups is 1. The van der Waals surface area contributed by atoms with Gasteiger partial charge in [0, 0.05) is 12.0 Å². The van der Waals surface area contributed by atoms with E-state index in [9.17, 15) is 13.2 Å². The number of rotatable bonds is 8. The van der Waals surface area contributed by atoms with Gasteiger partial charge in [0.25, 0.3) is 10.1 Å². The third-order valence-corrected chi connectivity index (χ3v) is 5.98. The Hall–Kier alpha value is -2.64. The van der Waals surface area contributed by atoms with Crippen LogP contribution in [0, 0.1) is 13.8 Å². The van der Waals surface area contributed by atoms with E-state index < -0.39 is 28.1 Å². The van der Waals surface area contributed by atoms with Crippen molar-refractivity contribution in [3.63, 3.8) is 0 Å². The first-order chi connectivity index (χ1) is 13.7. The molecule has 2 atom stereocenters. The summed E-state index contributed by atoms with van der Waals surface area (Å²) in [5, 5.41) is 0. The maximum Gasteiger partial charge on any atom is 0.330 e. The molecule has 0 unspecified atom stereocenters. The number of benzene rings is 2. The summed E-state index contributed by atoms with van der Waals surface area (Å²) in [5.41, 5.74) is 2.65. The summed E-state index contributed by atoms with van der Waals surface area (Å²) in [6.07, 6.45) is 2.09. The van der Waals surface area contributed by atoms with Gasteiger partial charge in [-0.3, -0.25) is 4.18 Å². The fraction of sp³-hybridized carbons (Fsp3) is 0.318. The number of carbonyl (C=O) groups excluding carboxylic acids is 1. The minimum Gasteiger partial charge on any atom is -0.497 e. The molecule has 0 aliphatic heterocycles. The standard InChI is InChI=1S/C22H26O6S/c1-15-6-9-19(10-7-15)29(24,25)28-17(3)21(12-13-22(23)27-5)20-11-8-18(26-4)14-16(20)2/h6-14,17,21H,1-5H3/b13-12+/t17-,21+/m1/s1. The first kappa shape index (κ1) is 22.6. The van der Waals surface area contributed by atoms with Gasteiger partial charge in [-0.05, 0) is 56.2 Å². The summed E-state index contributed by atoms with van der Waals surface area (Å²) in [5.74, 6) is -0.349. The Balaban J connectivity index is 2.38. The summed E-state index contributed by atoms with van der Waals surface area (Å²) < 4.78 is 40.8. The largest absolute Gasteiger partial charge is 0.497 e. The quantitative estimate of drug-likeness (QED) is 0.367. The van der Waals surface area contributed by atoms with Crippen molar-refractivity contribution in [2.24, 2.45) is 0 Å². The van der Waals surface area contributed by atoms with Gasteiger partial charge in [-0.25, -0.2) is 4.79 Å². The molecule has 0 saturated heterocycles. The zero-order valence-corrected chi connectivity index (χ0v) is 18.0. The maximum atomic E-state index is 12.7. The average Bonchev–Trinajstić information content (AvgIpc) is 2.68. The lowest BCUT2D eigenvalue weighted by molar-refractivity contribution is -0.134. The Morgan fingerprint density at radius 1 is 1.03 bits per heavy atom. The van der Waals surface area contributed by atoms with Crippen molar-refractivity contribution < 1.29 is 26.9 Å². The third-order valence-electron chi connectivity index (χ3n) is 4.57. The van der Waals surface area contributed by atoms with Gasteiger partial charge in [-0.15, -0.1) is 0 Å². The van der Waals surface area contributed by atoms with Crippen LogP contribution in [0.2, 0.25) is 0 Å². The zero-order chi connectivity index (χ0) is 21.6. The molecular weight excluding hydrogens is 392 g/mol. The SMILES string of the molecule is COC(=O)/C=C/[C@H](c1ccc(OC)cc1C)[C@@H](C)OS(=O)(=O)c1ccc(C)cc1. The van der Waals surface area contributed by atoms with E-state index in [0.717, 1.165) is 16.7 Å². The van der Waals surface area contributed by atoms with Crippen LogP contribution in [-0.4, -0.2) is 34.7 Å². The molecule has 7 heteroatoms.